The molecule has 6 heteroatoms. The minimum absolute atomic E-state index is 0.163. The number of nitrogens with two attached hydrogens (primary N) is 1. The first kappa shape index (κ1) is 17.3. The molecule has 1 spiro atoms. The number of aromatic nitrogens is 2. The highest BCUT2D eigenvalue weighted by Gasteiger charge is 2.54. The average molecular weight is 387 g/mol. The van der Waals surface area contributed by atoms with E-state index in [1.807, 2.05) is 6.07 Å². The molecule has 2 aromatic carbocycles. The van der Waals surface area contributed by atoms with Crippen molar-refractivity contribution < 1.29 is 4.74 Å². The number of hydrogen-bond donors (Lipinski definition) is 1. The lowest BCUT2D eigenvalue weighted by Crippen LogP contribution is -2.61. The van der Waals surface area contributed by atoms with E-state index in [4.69, 9.17) is 10.5 Å². The Labute approximate surface area is 170 Å². The highest BCUT2D eigenvalue weighted by atomic mass is 16.6. The van der Waals surface area contributed by atoms with Crippen LogP contribution in [0, 0.1) is 5.92 Å². The summed E-state index contributed by atoms with van der Waals surface area (Å²) < 4.78 is 6.40. The van der Waals surface area contributed by atoms with Gasteiger partial charge in [0.2, 0.25) is 0 Å². The van der Waals surface area contributed by atoms with Gasteiger partial charge in [0.1, 0.15) is 17.7 Å². The van der Waals surface area contributed by atoms with Crippen molar-refractivity contribution in [1.29, 1.82) is 0 Å². The Morgan fingerprint density at radius 1 is 0.966 bits per heavy atom. The molecule has 2 bridgehead atoms. The van der Waals surface area contributed by atoms with Crippen LogP contribution in [0.1, 0.15) is 12.8 Å². The van der Waals surface area contributed by atoms with Crippen molar-refractivity contribution in [3.05, 3.63) is 54.9 Å². The van der Waals surface area contributed by atoms with Crippen molar-refractivity contribution in [2.24, 2.45) is 11.7 Å². The first-order valence-electron chi connectivity index (χ1n) is 10.4. The molecule has 7 rings (SSSR count). The summed E-state index contributed by atoms with van der Waals surface area (Å²) in [4.78, 5) is 13.7. The molecule has 5 heterocycles. The largest absolute Gasteiger partial charge is 0.335 e. The second-order valence-electron chi connectivity index (χ2n) is 8.57. The molecule has 0 aliphatic carbocycles. The number of piperidine rings is 3. The molecule has 2 N–H and O–H groups in total. The van der Waals surface area contributed by atoms with E-state index in [1.165, 1.54) is 36.7 Å². The predicted octanol–water partition coefficient (Wildman–Crippen LogP) is 2.84. The summed E-state index contributed by atoms with van der Waals surface area (Å²) in [7, 11) is 0. The summed E-state index contributed by atoms with van der Waals surface area (Å²) in [5.41, 5.74) is 8.26. The molecule has 0 radical (unpaired) electrons. The molecular weight excluding hydrogens is 362 g/mol. The molecule has 29 heavy (non-hydrogen) atoms. The molecule has 4 aliphatic heterocycles. The van der Waals surface area contributed by atoms with Gasteiger partial charge >= 0.3 is 0 Å². The zero-order valence-electron chi connectivity index (χ0n) is 16.4. The maximum Gasteiger partial charge on any atom is 0.186 e. The summed E-state index contributed by atoms with van der Waals surface area (Å²) in [6.07, 6.45) is 3.57. The SMILES string of the molecule is NC1OC2(CN3CCC2CC3)CN1c1cc(-c2ccc3ccccc3c2)ncn1. The molecule has 0 saturated carbocycles. The topological polar surface area (TPSA) is 67.5 Å². The van der Waals surface area contributed by atoms with E-state index in [9.17, 15) is 0 Å². The lowest BCUT2D eigenvalue weighted by molar-refractivity contribution is -0.137. The van der Waals surface area contributed by atoms with Crippen LogP contribution in [-0.4, -0.2) is 53.0 Å². The van der Waals surface area contributed by atoms with Crippen LogP contribution in [0.4, 0.5) is 5.82 Å². The normalized spacial score (nSPS) is 31.1. The molecular formula is C23H25N5O. The molecule has 3 aromatic rings. The fourth-order valence-electron chi connectivity index (χ4n) is 5.38. The fraction of sp³-hybridized carbons (Fsp3) is 0.391. The number of rotatable bonds is 2. The van der Waals surface area contributed by atoms with Gasteiger partial charge in [0.25, 0.3) is 0 Å². The number of fused-ring (bicyclic) bond motifs is 3. The molecule has 6 nitrogen and oxygen atoms in total. The van der Waals surface area contributed by atoms with Crippen molar-refractivity contribution >= 4 is 16.6 Å². The minimum atomic E-state index is -0.463. The number of benzene rings is 2. The third-order valence-electron chi connectivity index (χ3n) is 6.92. The average Bonchev–Trinajstić information content (AvgIpc) is 3.09. The maximum absolute atomic E-state index is 6.44. The van der Waals surface area contributed by atoms with Crippen molar-refractivity contribution in [3.63, 3.8) is 0 Å². The standard InChI is InChI=1S/C23H25N5O/c24-22-28(14-23(29-22)13-27-9-7-19(23)8-10-27)21-12-20(25-15-26-21)18-6-5-16-3-1-2-4-17(16)11-18/h1-6,11-12,15,19,22H,7-10,13-14,24H2. The van der Waals surface area contributed by atoms with Gasteiger partial charge in [-0.2, -0.15) is 0 Å². The van der Waals surface area contributed by atoms with Crippen molar-refractivity contribution in [2.45, 2.75) is 24.8 Å². The van der Waals surface area contributed by atoms with Gasteiger partial charge in [-0.15, -0.1) is 0 Å². The van der Waals surface area contributed by atoms with Gasteiger partial charge in [-0.05, 0) is 48.7 Å². The Balaban J connectivity index is 1.32. The summed E-state index contributed by atoms with van der Waals surface area (Å²) in [6.45, 7) is 4.14. The number of ether oxygens (including phenoxy) is 1. The van der Waals surface area contributed by atoms with Gasteiger partial charge in [-0.1, -0.05) is 36.4 Å². The number of anilines is 1. The second-order valence-corrected chi connectivity index (χ2v) is 8.57. The summed E-state index contributed by atoms with van der Waals surface area (Å²) in [5.74, 6) is 1.43. The fourth-order valence-corrected chi connectivity index (χ4v) is 5.38. The van der Waals surface area contributed by atoms with E-state index >= 15 is 0 Å². The van der Waals surface area contributed by atoms with Crippen LogP contribution in [0.5, 0.6) is 0 Å². The first-order valence-corrected chi connectivity index (χ1v) is 10.4. The van der Waals surface area contributed by atoms with Crippen molar-refractivity contribution in [2.75, 3.05) is 31.1 Å². The van der Waals surface area contributed by atoms with Gasteiger partial charge < -0.3 is 14.5 Å². The predicted molar refractivity (Wildman–Crippen MR) is 113 cm³/mol. The number of nitrogens with zero attached hydrogens (tertiary/aromatic N) is 4. The van der Waals surface area contributed by atoms with Crippen LogP contribution < -0.4 is 10.6 Å². The molecule has 2 unspecified atom stereocenters. The Kier molecular flexibility index (Phi) is 3.88. The van der Waals surface area contributed by atoms with Gasteiger partial charge in [0, 0.05) is 18.2 Å². The lowest BCUT2D eigenvalue weighted by atomic mass is 9.75. The van der Waals surface area contributed by atoms with Crippen LogP contribution in [0.2, 0.25) is 0 Å². The molecule has 4 aliphatic rings. The van der Waals surface area contributed by atoms with Crippen LogP contribution in [0.3, 0.4) is 0 Å². The first-order chi connectivity index (χ1) is 14.2. The monoisotopic (exact) mass is 387 g/mol. The third-order valence-corrected chi connectivity index (χ3v) is 6.92. The Morgan fingerprint density at radius 3 is 2.59 bits per heavy atom. The zero-order chi connectivity index (χ0) is 19.4. The molecule has 148 valence electrons. The molecule has 4 fully saturated rings. The lowest BCUT2D eigenvalue weighted by Gasteiger charge is -2.50. The van der Waals surface area contributed by atoms with E-state index in [0.29, 0.717) is 5.92 Å². The maximum atomic E-state index is 6.44. The summed E-state index contributed by atoms with van der Waals surface area (Å²) in [6, 6.07) is 16.8. The van der Waals surface area contributed by atoms with Crippen LogP contribution in [-0.2, 0) is 4.74 Å². The van der Waals surface area contributed by atoms with E-state index in [0.717, 1.165) is 30.2 Å². The van der Waals surface area contributed by atoms with Gasteiger partial charge in [-0.25, -0.2) is 9.97 Å². The van der Waals surface area contributed by atoms with Crippen molar-refractivity contribution in [3.8, 4) is 11.3 Å². The van der Waals surface area contributed by atoms with E-state index < -0.39 is 6.35 Å². The van der Waals surface area contributed by atoms with E-state index in [-0.39, 0.29) is 5.60 Å². The highest BCUT2D eigenvalue weighted by Crippen LogP contribution is 2.43. The second kappa shape index (κ2) is 6.49. The smallest absolute Gasteiger partial charge is 0.186 e. The quantitative estimate of drug-likeness (QED) is 0.729. The Morgan fingerprint density at radius 2 is 1.79 bits per heavy atom. The molecule has 2 atom stereocenters. The van der Waals surface area contributed by atoms with Crippen LogP contribution in [0.25, 0.3) is 22.0 Å². The van der Waals surface area contributed by atoms with Crippen LogP contribution in [0.15, 0.2) is 54.9 Å². The van der Waals surface area contributed by atoms with E-state index in [1.54, 1.807) is 6.33 Å². The Hall–Kier alpha value is -2.54. The summed E-state index contributed by atoms with van der Waals surface area (Å²) in [5, 5.41) is 2.43. The number of hydrogen-bond acceptors (Lipinski definition) is 6. The third kappa shape index (κ3) is 2.82. The molecule has 1 aromatic heterocycles. The Bertz CT molecular complexity index is 1060. The van der Waals surface area contributed by atoms with Gasteiger partial charge in [-0.3, -0.25) is 5.73 Å². The van der Waals surface area contributed by atoms with E-state index in [2.05, 4.69) is 62.2 Å². The molecule has 4 saturated heterocycles. The van der Waals surface area contributed by atoms with Gasteiger partial charge in [0.15, 0.2) is 6.35 Å². The zero-order valence-corrected chi connectivity index (χ0v) is 16.4. The molecule has 0 amide bonds. The summed E-state index contributed by atoms with van der Waals surface area (Å²) >= 11 is 0. The van der Waals surface area contributed by atoms with Crippen molar-refractivity contribution in [1.82, 2.24) is 14.9 Å². The van der Waals surface area contributed by atoms with Crippen LogP contribution >= 0.6 is 0 Å². The van der Waals surface area contributed by atoms with Gasteiger partial charge in [0.05, 0.1) is 12.2 Å². The highest BCUT2D eigenvalue weighted by molar-refractivity contribution is 5.86. The minimum Gasteiger partial charge on any atom is -0.335 e.